The Morgan fingerprint density at radius 1 is 0.176 bits per heavy atom. The van der Waals surface area contributed by atoms with Crippen molar-refractivity contribution in [3.8, 4) is 0 Å². The van der Waals surface area contributed by atoms with Gasteiger partial charge in [0.2, 0.25) is 0 Å². The van der Waals surface area contributed by atoms with Gasteiger partial charge in [-0.05, 0) is 77.9 Å². The van der Waals surface area contributed by atoms with E-state index in [0.29, 0.717) is 0 Å². The zero-order chi connectivity index (χ0) is 76.8. The van der Waals surface area contributed by atoms with E-state index in [1.165, 1.54) is 36.4 Å². The molecular weight excluding hydrogens is 1390 g/mol. The number of fused-ring (bicyclic) bond motifs is 5. The molecule has 18 bridgehead atoms. The lowest BCUT2D eigenvalue weighted by Crippen LogP contribution is -2.48. The van der Waals surface area contributed by atoms with E-state index in [4.69, 9.17) is 85.3 Å². The maximum absolute atomic E-state index is 13.8. The summed E-state index contributed by atoms with van der Waals surface area (Å²) in [5.74, 6) is -11.3. The fourth-order valence-corrected chi connectivity index (χ4v) is 13.4. The van der Waals surface area contributed by atoms with Gasteiger partial charge in [0.1, 0.15) is 39.6 Å². The first kappa shape index (κ1) is 77.8. The number of carbonyl (C=O) groups excluding carboxylic acids is 6. The number of carbonyl (C=O) groups is 6. The van der Waals surface area contributed by atoms with Crippen LogP contribution in [0.4, 0.5) is 0 Å². The van der Waals surface area contributed by atoms with Crippen molar-refractivity contribution in [2.24, 2.45) is 32.5 Å². The smallest absolute Gasteiger partial charge is 0.339 e. The molecule has 6 aromatic carbocycles. The second kappa shape index (κ2) is 29.8. The lowest BCUT2D eigenvalue weighted by Gasteiger charge is -2.44. The molecule has 0 amide bonds. The van der Waals surface area contributed by atoms with Crippen LogP contribution in [0.5, 0.6) is 0 Å². The standard InChI is InChI=1S/C84H96O24/c1-73-37-91-67(85)61-19-13-14-20-62(61)68(86)92-38-74(2)45-101-81(9,102-46-74)57-29-31-58(32-30-57)82(10)103-49-77(5,50-104-82)41-95-71(89)65-23-17-18-24-66(65)72(90)96-42-78(6)53-107-84(12,108-54-78)60-35-33-59(34-36-60)83(11)105-51-76(4,52-106-83)40-94-70(88)64-22-16-15-21-63(64)69(87)93-39-75(3)47-99-80(8,100-48-75)56-27-25-55(26-28-56)79(7,97-43-73)98-44-73/h13-36H,37-54H2,1-12H3. The zero-order valence-electron chi connectivity index (χ0n) is 63.4. The summed E-state index contributed by atoms with van der Waals surface area (Å²) in [5, 5.41) is 0. The molecule has 18 aliphatic rings. The molecule has 6 saturated heterocycles. The molecule has 24 rings (SSSR count). The molecule has 24 heteroatoms. The van der Waals surface area contributed by atoms with E-state index in [-0.39, 0.29) is 152 Å². The van der Waals surface area contributed by atoms with E-state index in [2.05, 4.69) is 0 Å². The lowest BCUT2D eigenvalue weighted by molar-refractivity contribution is -0.306. The van der Waals surface area contributed by atoms with E-state index in [1.54, 1.807) is 36.4 Å². The summed E-state index contributed by atoms with van der Waals surface area (Å²) in [6, 6.07) is 41.4. The SMILES string of the molecule is CC12COC(=O)c3ccccc3C(=O)OCC3(C)COC(C)(OC3)c3ccc(cc3)C3(C)OCC(C)(COC(=O)c4ccccc4C(=O)OCC4(C)COC(C)(OC4)c4ccc(cc4)C4(C)OCC(C)(COC(=O)c5ccccc5C(=O)OCC5(C)COC(C)(OC5)c5ccc(cc5)C(C)(OC1)OC2)CO4)CO3. The van der Waals surface area contributed by atoms with Crippen LogP contribution in [0.1, 0.15) is 179 Å². The van der Waals surface area contributed by atoms with Crippen molar-refractivity contribution in [2.45, 2.75) is 118 Å². The Morgan fingerprint density at radius 2 is 0.287 bits per heavy atom. The Morgan fingerprint density at radius 3 is 0.398 bits per heavy atom. The van der Waals surface area contributed by atoms with Gasteiger partial charge in [0.25, 0.3) is 0 Å². The average molecular weight is 1490 g/mol. The van der Waals surface area contributed by atoms with E-state index in [0.717, 1.165) is 33.4 Å². The molecule has 0 aliphatic carbocycles. The summed E-state index contributed by atoms with van der Waals surface area (Å²) in [7, 11) is 0. The first-order chi connectivity index (χ1) is 51.1. The number of hydrogen-bond acceptors (Lipinski definition) is 24. The monoisotopic (exact) mass is 1490 g/mol. The highest BCUT2D eigenvalue weighted by Crippen LogP contribution is 2.45. The molecule has 0 unspecified atom stereocenters. The summed E-state index contributed by atoms with van der Waals surface area (Å²) in [5.41, 5.74) is 0.0269. The van der Waals surface area contributed by atoms with Gasteiger partial charge < -0.3 is 85.3 Å². The maximum Gasteiger partial charge on any atom is 0.339 e. The first-order valence-electron chi connectivity index (χ1n) is 36.4. The van der Waals surface area contributed by atoms with Crippen molar-refractivity contribution >= 4 is 35.8 Å². The van der Waals surface area contributed by atoms with Gasteiger partial charge in [-0.1, -0.05) is 151 Å². The number of hydrogen-bond donors (Lipinski definition) is 0. The summed E-state index contributed by atoms with van der Waals surface area (Å²) >= 11 is 0. The molecule has 18 aliphatic heterocycles. The Hall–Kier alpha value is -8.34. The minimum Gasteiger partial charge on any atom is -0.461 e. The normalized spacial score (nSPS) is 35.1. The molecule has 0 atom stereocenters. The highest BCUT2D eigenvalue weighted by Gasteiger charge is 2.49. The molecule has 0 N–H and O–H groups in total. The van der Waals surface area contributed by atoms with Crippen molar-refractivity contribution in [3.05, 3.63) is 212 Å². The highest BCUT2D eigenvalue weighted by atomic mass is 16.7. The van der Waals surface area contributed by atoms with Crippen LogP contribution in [0.15, 0.2) is 146 Å². The number of ether oxygens (including phenoxy) is 18. The second-order valence-electron chi connectivity index (χ2n) is 32.8. The van der Waals surface area contributed by atoms with Gasteiger partial charge >= 0.3 is 35.8 Å². The molecule has 108 heavy (non-hydrogen) atoms. The van der Waals surface area contributed by atoms with Crippen molar-refractivity contribution in [3.63, 3.8) is 0 Å². The van der Waals surface area contributed by atoms with Crippen LogP contribution >= 0.6 is 0 Å². The van der Waals surface area contributed by atoms with Gasteiger partial charge in [-0.25, -0.2) is 28.8 Å². The van der Waals surface area contributed by atoms with E-state index in [1.807, 2.05) is 156 Å². The van der Waals surface area contributed by atoms with Gasteiger partial charge in [-0.3, -0.25) is 0 Å². The van der Waals surface area contributed by atoms with E-state index >= 15 is 0 Å². The lowest BCUT2D eigenvalue weighted by atomic mass is 9.90. The third-order valence-electron chi connectivity index (χ3n) is 21.6. The van der Waals surface area contributed by atoms with Gasteiger partial charge in [-0.2, -0.15) is 0 Å². The second-order valence-corrected chi connectivity index (χ2v) is 32.8. The van der Waals surface area contributed by atoms with Crippen LogP contribution in [0.3, 0.4) is 0 Å². The fraction of sp³-hybridized carbons (Fsp3) is 0.500. The van der Waals surface area contributed by atoms with Gasteiger partial charge in [0.15, 0.2) is 34.7 Å². The summed E-state index contributed by atoms with van der Waals surface area (Å²) in [6.45, 7) is 23.7. The van der Waals surface area contributed by atoms with Crippen LogP contribution in [0.2, 0.25) is 0 Å². The molecule has 576 valence electrons. The van der Waals surface area contributed by atoms with Gasteiger partial charge in [0, 0.05) is 65.9 Å². The predicted octanol–water partition coefficient (Wildman–Crippen LogP) is 12.5. The molecular formula is C84H96O24. The number of esters is 6. The molecule has 0 radical (unpaired) electrons. The first-order valence-corrected chi connectivity index (χ1v) is 36.4. The third-order valence-corrected chi connectivity index (χ3v) is 21.6. The molecule has 0 aromatic heterocycles. The minimum absolute atomic E-state index is 0.0340. The number of benzene rings is 6. The van der Waals surface area contributed by atoms with Crippen molar-refractivity contribution in [2.75, 3.05) is 119 Å². The highest BCUT2D eigenvalue weighted by molar-refractivity contribution is 6.04. The predicted molar refractivity (Wildman–Crippen MR) is 385 cm³/mol. The zero-order valence-corrected chi connectivity index (χ0v) is 63.4. The van der Waals surface area contributed by atoms with Crippen LogP contribution < -0.4 is 0 Å². The van der Waals surface area contributed by atoms with E-state index in [9.17, 15) is 28.8 Å². The van der Waals surface area contributed by atoms with Crippen LogP contribution in [0, 0.1) is 32.5 Å². The maximum atomic E-state index is 13.8. The molecule has 24 nitrogen and oxygen atoms in total. The third kappa shape index (κ3) is 16.6. The Kier molecular flexibility index (Phi) is 21.5. The Bertz CT molecular complexity index is 3580. The molecule has 6 fully saturated rings. The summed E-state index contributed by atoms with van der Waals surface area (Å²) in [4.78, 5) is 82.9. The molecule has 0 spiro atoms. The minimum atomic E-state index is -1.16. The Balaban J connectivity index is 0.661. The van der Waals surface area contributed by atoms with Gasteiger partial charge in [-0.15, -0.1) is 0 Å². The fourth-order valence-electron chi connectivity index (χ4n) is 13.4. The Labute approximate surface area is 628 Å². The summed E-state index contributed by atoms with van der Waals surface area (Å²) in [6.07, 6.45) is 0. The van der Waals surface area contributed by atoms with Crippen LogP contribution in [0.25, 0.3) is 0 Å². The van der Waals surface area contributed by atoms with Crippen LogP contribution in [-0.4, -0.2) is 155 Å². The molecule has 6 aromatic rings. The number of rotatable bonds is 0. The topological polar surface area (TPSA) is 269 Å². The summed E-state index contributed by atoms with van der Waals surface area (Å²) < 4.78 is 112. The van der Waals surface area contributed by atoms with Crippen molar-refractivity contribution in [1.82, 2.24) is 0 Å². The van der Waals surface area contributed by atoms with Crippen molar-refractivity contribution in [1.29, 1.82) is 0 Å². The van der Waals surface area contributed by atoms with Crippen molar-refractivity contribution < 1.29 is 114 Å². The largest absolute Gasteiger partial charge is 0.461 e. The quantitative estimate of drug-likeness (QED) is 0.101. The van der Waals surface area contributed by atoms with E-state index < -0.39 is 103 Å². The van der Waals surface area contributed by atoms with Gasteiger partial charge in [0.05, 0.1) is 113 Å². The molecule has 0 saturated carbocycles. The van der Waals surface area contributed by atoms with Crippen LogP contribution in [-0.2, 0) is 120 Å². The molecule has 18 heterocycles. The average Bonchev–Trinajstić information content (AvgIpc) is 0.777.